The molecular weight excluding hydrogens is 338 g/mol. The van der Waals surface area contributed by atoms with Crippen LogP contribution in [0.25, 0.3) is 0 Å². The number of carboxylic acid groups (broad SMARTS) is 1. The van der Waals surface area contributed by atoms with Crippen LogP contribution >= 0.6 is 11.3 Å². The normalized spacial score (nSPS) is 16.6. The van der Waals surface area contributed by atoms with E-state index in [1.165, 1.54) is 11.3 Å². The van der Waals surface area contributed by atoms with Crippen molar-refractivity contribution in [3.8, 4) is 0 Å². The van der Waals surface area contributed by atoms with Crippen LogP contribution in [0.2, 0.25) is 18.1 Å². The topological polar surface area (TPSA) is 59.4 Å². The van der Waals surface area contributed by atoms with Gasteiger partial charge in [0.2, 0.25) is 0 Å². The number of carboxylic acids is 1. The van der Waals surface area contributed by atoms with Crippen LogP contribution in [0.3, 0.4) is 0 Å². The number of hydrogen-bond donors (Lipinski definition) is 1. The zero-order chi connectivity index (χ0) is 18.5. The number of aliphatic carboxylic acids is 1. The SMILES string of the molecule is CCC(C)C(CC(Cc1cncs1)C(=O)O)O[Si](C)(C)C(C)(C)C. The molecule has 0 radical (unpaired) electrons. The van der Waals surface area contributed by atoms with Gasteiger partial charge in [0.25, 0.3) is 0 Å². The molecule has 0 aromatic carbocycles. The highest BCUT2D eigenvalue weighted by Crippen LogP contribution is 2.39. The summed E-state index contributed by atoms with van der Waals surface area (Å²) in [7, 11) is -1.93. The lowest BCUT2D eigenvalue weighted by molar-refractivity contribution is -0.143. The van der Waals surface area contributed by atoms with E-state index in [-0.39, 0.29) is 11.1 Å². The Kier molecular flexibility index (Phi) is 7.63. The minimum absolute atomic E-state index is 0.00934. The van der Waals surface area contributed by atoms with E-state index in [1.807, 2.05) is 0 Å². The molecule has 0 spiro atoms. The van der Waals surface area contributed by atoms with Gasteiger partial charge < -0.3 is 9.53 Å². The summed E-state index contributed by atoms with van der Waals surface area (Å²) in [6, 6.07) is 0. The first kappa shape index (κ1) is 21.3. The quantitative estimate of drug-likeness (QED) is 0.605. The zero-order valence-electron chi connectivity index (χ0n) is 16.1. The third-order valence-electron chi connectivity index (χ3n) is 5.33. The van der Waals surface area contributed by atoms with E-state index in [0.717, 1.165) is 11.3 Å². The summed E-state index contributed by atoms with van der Waals surface area (Å²) < 4.78 is 6.62. The first-order valence-electron chi connectivity index (χ1n) is 8.76. The molecule has 24 heavy (non-hydrogen) atoms. The average molecular weight is 372 g/mol. The van der Waals surface area contributed by atoms with E-state index in [9.17, 15) is 9.90 Å². The van der Waals surface area contributed by atoms with Gasteiger partial charge in [-0.3, -0.25) is 9.78 Å². The second kappa shape index (κ2) is 8.58. The first-order valence-corrected chi connectivity index (χ1v) is 12.5. The Balaban J connectivity index is 2.92. The molecule has 138 valence electrons. The smallest absolute Gasteiger partial charge is 0.306 e. The van der Waals surface area contributed by atoms with Crippen LogP contribution in [0.15, 0.2) is 11.7 Å². The predicted molar refractivity (Wildman–Crippen MR) is 103 cm³/mol. The molecule has 0 saturated heterocycles. The fraction of sp³-hybridized carbons (Fsp3) is 0.778. The average Bonchev–Trinajstić information content (AvgIpc) is 2.96. The lowest BCUT2D eigenvalue weighted by Gasteiger charge is -2.41. The molecule has 0 fully saturated rings. The maximum atomic E-state index is 11.8. The molecule has 0 aliphatic rings. The fourth-order valence-electron chi connectivity index (χ4n) is 2.35. The van der Waals surface area contributed by atoms with E-state index in [1.54, 1.807) is 11.7 Å². The van der Waals surface area contributed by atoms with E-state index in [0.29, 0.717) is 18.8 Å². The van der Waals surface area contributed by atoms with Crippen LogP contribution < -0.4 is 0 Å². The molecule has 1 N–H and O–H groups in total. The second-order valence-corrected chi connectivity index (χ2v) is 14.0. The van der Waals surface area contributed by atoms with Crippen molar-refractivity contribution in [2.75, 3.05) is 0 Å². The molecule has 3 atom stereocenters. The molecule has 1 aromatic rings. The van der Waals surface area contributed by atoms with E-state index in [4.69, 9.17) is 4.43 Å². The number of hydrogen-bond acceptors (Lipinski definition) is 4. The summed E-state index contributed by atoms with van der Waals surface area (Å²) in [6.07, 6.45) is 3.85. The zero-order valence-corrected chi connectivity index (χ0v) is 17.9. The summed E-state index contributed by atoms with van der Waals surface area (Å²) in [6.45, 7) is 15.5. The third-order valence-corrected chi connectivity index (χ3v) is 10.6. The van der Waals surface area contributed by atoms with Crippen molar-refractivity contribution in [1.29, 1.82) is 0 Å². The minimum atomic E-state index is -1.93. The van der Waals surface area contributed by atoms with Crippen LogP contribution in [-0.2, 0) is 15.6 Å². The highest BCUT2D eigenvalue weighted by Gasteiger charge is 2.41. The number of carbonyl (C=O) groups is 1. The van der Waals surface area contributed by atoms with Gasteiger partial charge in [-0.05, 0) is 36.9 Å². The van der Waals surface area contributed by atoms with Crippen LogP contribution in [0.4, 0.5) is 0 Å². The monoisotopic (exact) mass is 371 g/mol. The summed E-state index contributed by atoms with van der Waals surface area (Å²) >= 11 is 1.52. The minimum Gasteiger partial charge on any atom is -0.481 e. The largest absolute Gasteiger partial charge is 0.481 e. The van der Waals surface area contributed by atoms with Crippen LogP contribution in [0.5, 0.6) is 0 Å². The molecule has 0 bridgehead atoms. The molecule has 6 heteroatoms. The van der Waals surface area contributed by atoms with E-state index >= 15 is 0 Å². The summed E-state index contributed by atoms with van der Waals surface area (Å²) in [4.78, 5) is 16.9. The van der Waals surface area contributed by atoms with Crippen LogP contribution in [0.1, 0.15) is 52.3 Å². The van der Waals surface area contributed by atoms with Crippen molar-refractivity contribution in [3.05, 3.63) is 16.6 Å². The van der Waals surface area contributed by atoms with E-state index in [2.05, 4.69) is 52.7 Å². The summed E-state index contributed by atoms with van der Waals surface area (Å²) in [5.74, 6) is -0.813. The molecule has 1 heterocycles. The molecule has 4 nitrogen and oxygen atoms in total. The Morgan fingerprint density at radius 2 is 2.04 bits per heavy atom. The van der Waals surface area contributed by atoms with Crippen molar-refractivity contribution in [1.82, 2.24) is 4.98 Å². The molecule has 1 rings (SSSR count). The maximum absolute atomic E-state index is 11.8. The third kappa shape index (κ3) is 5.97. The molecule has 0 saturated carbocycles. The lowest BCUT2D eigenvalue weighted by Crippen LogP contribution is -2.46. The number of aromatic nitrogens is 1. The Labute approximate surface area is 151 Å². The molecule has 1 aromatic heterocycles. The Morgan fingerprint density at radius 1 is 1.42 bits per heavy atom. The second-order valence-electron chi connectivity index (χ2n) is 8.24. The summed E-state index contributed by atoms with van der Waals surface area (Å²) in [5.41, 5.74) is 1.76. The summed E-state index contributed by atoms with van der Waals surface area (Å²) in [5, 5.41) is 9.79. The van der Waals surface area contributed by atoms with Crippen molar-refractivity contribution >= 4 is 25.6 Å². The van der Waals surface area contributed by atoms with Gasteiger partial charge in [-0.25, -0.2) is 0 Å². The number of rotatable bonds is 9. The van der Waals surface area contributed by atoms with Gasteiger partial charge in [-0.15, -0.1) is 11.3 Å². The highest BCUT2D eigenvalue weighted by atomic mass is 32.1. The predicted octanol–water partition coefficient (Wildman–Crippen LogP) is 5.21. The van der Waals surface area contributed by atoms with Gasteiger partial charge in [0, 0.05) is 17.2 Å². The lowest BCUT2D eigenvalue weighted by atomic mass is 9.90. The van der Waals surface area contributed by atoms with Crippen LogP contribution in [0, 0.1) is 11.8 Å². The van der Waals surface area contributed by atoms with Crippen LogP contribution in [-0.4, -0.2) is 30.5 Å². The Hall–Kier alpha value is -0.723. The standard InChI is InChI=1S/C18H33NO3SSi/c1-8-13(2)16(22-24(6,7)18(3,4)5)10-14(17(20)21)9-15-11-19-12-23-15/h11-14,16H,8-10H2,1-7H3,(H,20,21). The molecule has 3 unspecified atom stereocenters. The molecular formula is C18H33NO3SSi. The molecule has 0 amide bonds. The highest BCUT2D eigenvalue weighted by molar-refractivity contribution is 7.09. The van der Waals surface area contributed by atoms with Crippen molar-refractivity contribution < 1.29 is 14.3 Å². The molecule has 0 aliphatic heterocycles. The van der Waals surface area contributed by atoms with Crippen molar-refractivity contribution in [3.63, 3.8) is 0 Å². The van der Waals surface area contributed by atoms with Gasteiger partial charge in [-0.2, -0.15) is 0 Å². The van der Waals surface area contributed by atoms with Crippen molar-refractivity contribution in [2.24, 2.45) is 11.8 Å². The van der Waals surface area contributed by atoms with Crippen molar-refractivity contribution in [2.45, 2.75) is 78.1 Å². The Bertz CT molecular complexity index is 511. The van der Waals surface area contributed by atoms with Gasteiger partial charge in [0.15, 0.2) is 8.32 Å². The fourth-order valence-corrected chi connectivity index (χ4v) is 4.47. The van der Waals surface area contributed by atoms with Gasteiger partial charge >= 0.3 is 5.97 Å². The van der Waals surface area contributed by atoms with Gasteiger partial charge in [-0.1, -0.05) is 41.0 Å². The first-order chi connectivity index (χ1) is 11.0. The molecule has 0 aliphatic carbocycles. The number of thiazole rings is 1. The maximum Gasteiger partial charge on any atom is 0.306 e. The van der Waals surface area contributed by atoms with E-state index < -0.39 is 20.2 Å². The van der Waals surface area contributed by atoms with Gasteiger partial charge in [0.05, 0.1) is 11.4 Å². The van der Waals surface area contributed by atoms with Gasteiger partial charge in [0.1, 0.15) is 0 Å². The number of nitrogens with zero attached hydrogens (tertiary/aromatic N) is 1. The Morgan fingerprint density at radius 3 is 2.46 bits per heavy atom.